The Morgan fingerprint density at radius 1 is 1.10 bits per heavy atom. The Kier molecular flexibility index (Phi) is 8.62. The molecule has 40 heavy (non-hydrogen) atoms. The molecule has 3 aromatic heterocycles. The molecule has 3 heterocycles. The predicted molar refractivity (Wildman–Crippen MR) is 152 cm³/mol. The standard InChI is InChI=1S/C28H33F2N3O5SSi/c1-17(19-10-8-9-11-22(19)38-27(29)30)37-23-13-24(39-25(23)26(34)35-5)33-16-32-20-14-31-18(12-21(20)33)15-36-40(6,7)28(2,3)4/h8-14,16-17,27H,15H2,1-7H3. The minimum absolute atomic E-state index is 0.000576. The lowest BCUT2D eigenvalue weighted by atomic mass is 10.1. The van der Waals surface area contributed by atoms with Crippen molar-refractivity contribution in [1.82, 2.24) is 14.5 Å². The van der Waals surface area contributed by atoms with Crippen LogP contribution in [0.4, 0.5) is 8.78 Å². The summed E-state index contributed by atoms with van der Waals surface area (Å²) in [5.74, 6) is -0.325. The number of benzene rings is 1. The van der Waals surface area contributed by atoms with Gasteiger partial charge < -0.3 is 18.6 Å². The zero-order valence-electron chi connectivity index (χ0n) is 23.5. The van der Waals surface area contributed by atoms with Crippen molar-refractivity contribution < 1.29 is 32.2 Å². The summed E-state index contributed by atoms with van der Waals surface area (Å²) >= 11 is 1.17. The Labute approximate surface area is 237 Å². The molecule has 0 fully saturated rings. The molecule has 0 aliphatic heterocycles. The number of nitrogens with zero attached hydrogens (tertiary/aromatic N) is 3. The van der Waals surface area contributed by atoms with E-state index in [4.69, 9.17) is 13.9 Å². The molecule has 8 nitrogen and oxygen atoms in total. The van der Waals surface area contributed by atoms with Crippen LogP contribution in [0.5, 0.6) is 11.5 Å². The summed E-state index contributed by atoms with van der Waals surface area (Å²) in [6, 6.07) is 10.0. The molecule has 1 aromatic carbocycles. The topological polar surface area (TPSA) is 84.7 Å². The number of carbonyl (C=O) groups excluding carboxylic acids is 1. The van der Waals surface area contributed by atoms with E-state index in [2.05, 4.69) is 48.6 Å². The summed E-state index contributed by atoms with van der Waals surface area (Å²) < 4.78 is 49.8. The van der Waals surface area contributed by atoms with Gasteiger partial charge in [0, 0.05) is 11.6 Å². The maximum absolute atomic E-state index is 12.9. The van der Waals surface area contributed by atoms with Crippen LogP contribution < -0.4 is 9.47 Å². The lowest BCUT2D eigenvalue weighted by Crippen LogP contribution is -2.40. The molecule has 1 atom stereocenters. The van der Waals surface area contributed by atoms with E-state index in [1.807, 2.05) is 10.6 Å². The Balaban J connectivity index is 1.66. The van der Waals surface area contributed by atoms with Gasteiger partial charge in [-0.15, -0.1) is 11.3 Å². The highest BCUT2D eigenvalue weighted by atomic mass is 32.1. The number of imidazole rings is 1. The fraction of sp³-hybridized carbons (Fsp3) is 0.393. The van der Waals surface area contributed by atoms with Crippen molar-refractivity contribution >= 4 is 36.7 Å². The van der Waals surface area contributed by atoms with Crippen LogP contribution in [-0.4, -0.2) is 42.5 Å². The predicted octanol–water partition coefficient (Wildman–Crippen LogP) is 7.53. The summed E-state index contributed by atoms with van der Waals surface area (Å²) in [5.41, 5.74) is 2.65. The SMILES string of the molecule is COC(=O)c1sc(-n2cnc3cnc(CO[Si](C)(C)C(C)(C)C)cc32)cc1OC(C)c1ccccc1OC(F)F. The van der Waals surface area contributed by atoms with Crippen LogP contribution in [0.25, 0.3) is 16.0 Å². The van der Waals surface area contributed by atoms with E-state index in [1.54, 1.807) is 43.7 Å². The summed E-state index contributed by atoms with van der Waals surface area (Å²) in [4.78, 5) is 21.9. The summed E-state index contributed by atoms with van der Waals surface area (Å²) in [5, 5.41) is 0.726. The van der Waals surface area contributed by atoms with Crippen LogP contribution in [0.1, 0.15) is 54.7 Å². The molecular formula is C28H33F2N3O5SSi. The average molecular weight is 590 g/mol. The number of ether oxygens (including phenoxy) is 3. The molecule has 214 valence electrons. The van der Waals surface area contributed by atoms with Gasteiger partial charge in [0.1, 0.15) is 34.4 Å². The van der Waals surface area contributed by atoms with Crippen molar-refractivity contribution in [3.63, 3.8) is 0 Å². The van der Waals surface area contributed by atoms with E-state index in [-0.39, 0.29) is 21.4 Å². The van der Waals surface area contributed by atoms with Crippen molar-refractivity contribution in [2.75, 3.05) is 7.11 Å². The summed E-state index contributed by atoms with van der Waals surface area (Å²) in [6.45, 7) is 10.0. The molecule has 0 aliphatic carbocycles. The Hall–Kier alpha value is -3.35. The van der Waals surface area contributed by atoms with Gasteiger partial charge in [-0.3, -0.25) is 9.55 Å². The number of fused-ring (bicyclic) bond motifs is 1. The lowest BCUT2D eigenvalue weighted by molar-refractivity contribution is -0.0512. The third-order valence-electron chi connectivity index (χ3n) is 7.05. The van der Waals surface area contributed by atoms with Crippen LogP contribution in [0.15, 0.2) is 48.9 Å². The monoisotopic (exact) mass is 589 g/mol. The Morgan fingerprint density at radius 2 is 1.82 bits per heavy atom. The largest absolute Gasteiger partial charge is 0.484 e. The fourth-order valence-electron chi connectivity index (χ4n) is 3.76. The second-order valence-electron chi connectivity index (χ2n) is 10.8. The molecule has 0 spiro atoms. The average Bonchev–Trinajstić information content (AvgIpc) is 3.50. The minimum Gasteiger partial charge on any atom is -0.484 e. The molecule has 0 amide bonds. The van der Waals surface area contributed by atoms with Crippen LogP contribution in [0.3, 0.4) is 0 Å². The number of thiophene rings is 1. The van der Waals surface area contributed by atoms with Gasteiger partial charge >= 0.3 is 12.6 Å². The van der Waals surface area contributed by atoms with Gasteiger partial charge in [0.15, 0.2) is 13.2 Å². The van der Waals surface area contributed by atoms with Crippen molar-refractivity contribution in [2.45, 2.75) is 65.1 Å². The molecular weight excluding hydrogens is 556 g/mol. The van der Waals surface area contributed by atoms with E-state index in [9.17, 15) is 13.6 Å². The first-order valence-electron chi connectivity index (χ1n) is 12.7. The zero-order valence-corrected chi connectivity index (χ0v) is 25.3. The smallest absolute Gasteiger partial charge is 0.387 e. The number of para-hydroxylation sites is 1. The van der Waals surface area contributed by atoms with Gasteiger partial charge in [-0.25, -0.2) is 9.78 Å². The Morgan fingerprint density at radius 3 is 2.50 bits per heavy atom. The number of alkyl halides is 2. The van der Waals surface area contributed by atoms with Gasteiger partial charge in [-0.2, -0.15) is 8.78 Å². The van der Waals surface area contributed by atoms with Gasteiger partial charge in [-0.1, -0.05) is 39.0 Å². The molecule has 0 aliphatic rings. The number of esters is 1. The van der Waals surface area contributed by atoms with Gasteiger partial charge in [0.05, 0.1) is 31.1 Å². The normalized spacial score (nSPS) is 13.1. The van der Waals surface area contributed by atoms with Crippen LogP contribution in [0, 0.1) is 0 Å². The second kappa shape index (κ2) is 11.6. The Bertz CT molecular complexity index is 1500. The fourth-order valence-corrected chi connectivity index (χ4v) is 5.69. The zero-order chi connectivity index (χ0) is 29.2. The third-order valence-corrected chi connectivity index (χ3v) is 12.6. The molecule has 4 rings (SSSR count). The maximum atomic E-state index is 12.9. The van der Waals surface area contributed by atoms with Crippen LogP contribution in [-0.2, 0) is 15.8 Å². The molecule has 0 radical (unpaired) electrons. The molecule has 0 saturated heterocycles. The second-order valence-corrected chi connectivity index (χ2v) is 16.6. The van der Waals surface area contributed by atoms with Crippen LogP contribution >= 0.6 is 11.3 Å². The van der Waals surface area contributed by atoms with Gasteiger partial charge in [-0.05, 0) is 37.2 Å². The number of methoxy groups -OCH3 is 1. The lowest BCUT2D eigenvalue weighted by Gasteiger charge is -2.36. The molecule has 12 heteroatoms. The van der Waals surface area contributed by atoms with E-state index in [0.717, 1.165) is 11.2 Å². The highest BCUT2D eigenvalue weighted by Gasteiger charge is 2.37. The number of pyridine rings is 1. The van der Waals surface area contributed by atoms with Crippen molar-refractivity contribution in [1.29, 1.82) is 0 Å². The quantitative estimate of drug-likeness (QED) is 0.140. The molecule has 1 unspecified atom stereocenters. The van der Waals surface area contributed by atoms with Crippen molar-refractivity contribution in [3.05, 3.63) is 65.1 Å². The number of carbonyl (C=O) groups is 1. The minimum atomic E-state index is -2.98. The van der Waals surface area contributed by atoms with Gasteiger partial charge in [0.2, 0.25) is 0 Å². The summed E-state index contributed by atoms with van der Waals surface area (Å²) in [6.07, 6.45) is 2.64. The highest BCUT2D eigenvalue weighted by Crippen LogP contribution is 2.39. The van der Waals surface area contributed by atoms with E-state index < -0.39 is 27.0 Å². The number of hydrogen-bond acceptors (Lipinski definition) is 8. The van der Waals surface area contributed by atoms with Crippen molar-refractivity contribution in [2.24, 2.45) is 0 Å². The first-order valence-corrected chi connectivity index (χ1v) is 16.4. The molecule has 4 aromatic rings. The van der Waals surface area contributed by atoms with Crippen molar-refractivity contribution in [3.8, 4) is 16.5 Å². The van der Waals surface area contributed by atoms with E-state index >= 15 is 0 Å². The number of halogens is 2. The highest BCUT2D eigenvalue weighted by molar-refractivity contribution is 7.16. The molecule has 0 N–H and O–H groups in total. The first-order chi connectivity index (χ1) is 18.8. The first kappa shape index (κ1) is 29.6. The third kappa shape index (κ3) is 6.34. The molecule has 0 saturated carbocycles. The van der Waals surface area contributed by atoms with Crippen LogP contribution in [0.2, 0.25) is 18.1 Å². The summed E-state index contributed by atoms with van der Waals surface area (Å²) in [7, 11) is -0.688. The molecule has 0 bridgehead atoms. The van der Waals surface area contributed by atoms with E-state index in [1.165, 1.54) is 24.5 Å². The number of hydrogen-bond donors (Lipinski definition) is 0. The van der Waals surface area contributed by atoms with Gasteiger partial charge in [0.25, 0.3) is 0 Å². The number of aromatic nitrogens is 3. The van der Waals surface area contributed by atoms with E-state index in [0.29, 0.717) is 22.7 Å². The number of rotatable bonds is 10. The maximum Gasteiger partial charge on any atom is 0.387 e.